The van der Waals surface area contributed by atoms with Gasteiger partial charge in [-0.3, -0.25) is 0 Å². The first-order valence-corrected chi connectivity index (χ1v) is 9.35. The number of nitrogens with one attached hydrogen (secondary N) is 1. The monoisotopic (exact) mass is 359 g/mol. The van der Waals surface area contributed by atoms with Crippen molar-refractivity contribution in [2.24, 2.45) is 0 Å². The third-order valence-electron chi connectivity index (χ3n) is 5.12. The average molecular weight is 359 g/mol. The summed E-state index contributed by atoms with van der Waals surface area (Å²) >= 11 is 0. The van der Waals surface area contributed by atoms with Gasteiger partial charge in [-0.25, -0.2) is 9.97 Å². The fraction of sp³-hybridized carbons (Fsp3) is 0.600. The molecule has 0 spiro atoms. The molecule has 1 aromatic carbocycles. The van der Waals surface area contributed by atoms with Gasteiger partial charge in [0, 0.05) is 31.2 Å². The van der Waals surface area contributed by atoms with E-state index in [1.54, 1.807) is 7.11 Å². The molecule has 26 heavy (non-hydrogen) atoms. The van der Waals surface area contributed by atoms with E-state index in [1.165, 1.54) is 0 Å². The molecule has 0 atom stereocenters. The second-order valence-electron chi connectivity index (χ2n) is 7.60. The van der Waals surface area contributed by atoms with Gasteiger partial charge in [0.2, 0.25) is 5.95 Å². The van der Waals surface area contributed by atoms with Gasteiger partial charge in [0.15, 0.2) is 0 Å². The van der Waals surface area contributed by atoms with E-state index in [0.717, 1.165) is 48.8 Å². The lowest BCUT2D eigenvalue weighted by molar-refractivity contribution is 0.00556. The van der Waals surface area contributed by atoms with E-state index >= 15 is 0 Å². The fourth-order valence-electron chi connectivity index (χ4n) is 3.13. The first-order valence-electron chi connectivity index (χ1n) is 9.35. The predicted octanol–water partition coefficient (Wildman–Crippen LogP) is 3.54. The Morgan fingerprint density at radius 2 is 2.00 bits per heavy atom. The zero-order valence-corrected chi connectivity index (χ0v) is 15.9. The van der Waals surface area contributed by atoms with Crippen molar-refractivity contribution in [1.82, 2.24) is 9.97 Å². The van der Waals surface area contributed by atoms with Crippen LogP contribution in [0.4, 0.5) is 5.95 Å². The third kappa shape index (κ3) is 4.83. The molecule has 2 N–H and O–H groups in total. The highest BCUT2D eigenvalue weighted by Crippen LogP contribution is 2.26. The molecule has 1 fully saturated rings. The normalized spacial score (nSPS) is 20.9. The van der Waals surface area contributed by atoms with Crippen LogP contribution in [0.1, 0.15) is 46.0 Å². The van der Waals surface area contributed by atoms with Gasteiger partial charge >= 0.3 is 0 Å². The van der Waals surface area contributed by atoms with Crippen molar-refractivity contribution >= 4 is 16.9 Å². The highest BCUT2D eigenvalue weighted by molar-refractivity contribution is 5.84. The topological polar surface area (TPSA) is 76.5 Å². The van der Waals surface area contributed by atoms with Crippen LogP contribution in [-0.2, 0) is 4.74 Å². The van der Waals surface area contributed by atoms with E-state index in [0.29, 0.717) is 18.6 Å². The van der Waals surface area contributed by atoms with Crippen molar-refractivity contribution in [1.29, 1.82) is 0 Å². The second kappa shape index (κ2) is 8.18. The average Bonchev–Trinajstić information content (AvgIpc) is 2.64. The molecule has 0 aliphatic heterocycles. The molecule has 2 aromatic rings. The minimum absolute atomic E-state index is 0.165. The van der Waals surface area contributed by atoms with Crippen molar-refractivity contribution in [2.75, 3.05) is 19.0 Å². The van der Waals surface area contributed by atoms with E-state index in [9.17, 15) is 5.11 Å². The van der Waals surface area contributed by atoms with Crippen molar-refractivity contribution in [2.45, 2.75) is 63.7 Å². The molecule has 0 bridgehead atoms. The third-order valence-corrected chi connectivity index (χ3v) is 5.12. The summed E-state index contributed by atoms with van der Waals surface area (Å²) in [6.45, 7) is 4.66. The summed E-state index contributed by atoms with van der Waals surface area (Å²) in [5, 5.41) is 14.0. The molecule has 3 rings (SSSR count). The number of hydrogen-bond donors (Lipinski definition) is 2. The van der Waals surface area contributed by atoms with Crippen molar-refractivity contribution < 1.29 is 14.6 Å². The highest BCUT2D eigenvalue weighted by Gasteiger charge is 2.20. The lowest BCUT2D eigenvalue weighted by Gasteiger charge is -2.26. The van der Waals surface area contributed by atoms with Crippen LogP contribution >= 0.6 is 0 Å². The molecule has 0 amide bonds. The molecule has 6 heteroatoms. The number of benzene rings is 1. The largest absolute Gasteiger partial charge is 0.491 e. The summed E-state index contributed by atoms with van der Waals surface area (Å²) in [5.41, 5.74) is 0.605. The van der Waals surface area contributed by atoms with E-state index in [2.05, 4.69) is 15.3 Å². The maximum absolute atomic E-state index is 9.64. The van der Waals surface area contributed by atoms with Crippen molar-refractivity contribution in [3.63, 3.8) is 0 Å². The van der Waals surface area contributed by atoms with Crippen LogP contribution in [0.5, 0.6) is 5.75 Å². The van der Waals surface area contributed by atoms with Crippen LogP contribution in [0.3, 0.4) is 0 Å². The Bertz CT molecular complexity index is 727. The number of hydrogen-bond acceptors (Lipinski definition) is 6. The summed E-state index contributed by atoms with van der Waals surface area (Å²) in [6.07, 6.45) is 5.99. The molecule has 1 saturated carbocycles. The number of ether oxygens (including phenoxy) is 2. The number of para-hydroxylation sites is 1. The maximum atomic E-state index is 9.64. The van der Waals surface area contributed by atoms with Gasteiger partial charge in [-0.2, -0.15) is 0 Å². The number of aliphatic hydroxyl groups excluding tert-OH is 1. The molecule has 142 valence electrons. The van der Waals surface area contributed by atoms with E-state index in [1.807, 2.05) is 38.2 Å². The minimum atomic E-state index is -0.210. The van der Waals surface area contributed by atoms with Crippen LogP contribution in [0.25, 0.3) is 10.9 Å². The van der Waals surface area contributed by atoms with E-state index in [4.69, 9.17) is 9.47 Å². The highest BCUT2D eigenvalue weighted by atomic mass is 16.5. The SMILES string of the molecule is COC(C)(C)CCOc1cccc2cnc(N[C@H]3CC[C@H](O)CC3)nc12. The molecule has 0 radical (unpaired) electrons. The Kier molecular flexibility index (Phi) is 5.94. The zero-order valence-electron chi connectivity index (χ0n) is 15.9. The Morgan fingerprint density at radius 1 is 1.23 bits per heavy atom. The smallest absolute Gasteiger partial charge is 0.223 e. The molecule has 1 aromatic heterocycles. The van der Waals surface area contributed by atoms with Gasteiger partial charge in [-0.1, -0.05) is 12.1 Å². The van der Waals surface area contributed by atoms with Crippen molar-refractivity contribution in [3.8, 4) is 5.75 Å². The zero-order chi connectivity index (χ0) is 18.6. The summed E-state index contributed by atoms with van der Waals surface area (Å²) in [5.74, 6) is 1.38. The number of anilines is 1. The number of nitrogens with zero attached hydrogens (tertiary/aromatic N) is 2. The summed E-state index contributed by atoms with van der Waals surface area (Å²) in [4.78, 5) is 9.12. The summed E-state index contributed by atoms with van der Waals surface area (Å²) in [7, 11) is 1.72. The quantitative estimate of drug-likeness (QED) is 0.787. The number of rotatable bonds is 7. The molecule has 0 saturated heterocycles. The van der Waals surface area contributed by atoms with Gasteiger partial charge in [0.05, 0.1) is 18.3 Å². The molecular weight excluding hydrogens is 330 g/mol. The number of aromatic nitrogens is 2. The molecule has 1 aliphatic rings. The van der Waals surface area contributed by atoms with Gasteiger partial charge < -0.3 is 19.9 Å². The Morgan fingerprint density at radius 3 is 2.73 bits per heavy atom. The van der Waals surface area contributed by atoms with Crippen LogP contribution in [0.15, 0.2) is 24.4 Å². The number of methoxy groups -OCH3 is 1. The number of aliphatic hydroxyl groups is 1. The Balaban J connectivity index is 1.71. The van der Waals surface area contributed by atoms with Gasteiger partial charge in [0.25, 0.3) is 0 Å². The van der Waals surface area contributed by atoms with Crippen LogP contribution in [-0.4, -0.2) is 46.5 Å². The summed E-state index contributed by atoms with van der Waals surface area (Å²) in [6, 6.07) is 6.20. The molecule has 1 aliphatic carbocycles. The van der Waals surface area contributed by atoms with Gasteiger partial charge in [0.1, 0.15) is 11.3 Å². The first-order chi connectivity index (χ1) is 12.5. The lowest BCUT2D eigenvalue weighted by atomic mass is 9.93. The maximum Gasteiger partial charge on any atom is 0.223 e. The second-order valence-corrected chi connectivity index (χ2v) is 7.60. The first kappa shape index (κ1) is 18.9. The van der Waals surface area contributed by atoms with E-state index in [-0.39, 0.29) is 11.7 Å². The van der Waals surface area contributed by atoms with Crippen LogP contribution in [0, 0.1) is 0 Å². The van der Waals surface area contributed by atoms with Crippen LogP contribution in [0.2, 0.25) is 0 Å². The lowest BCUT2D eigenvalue weighted by Crippen LogP contribution is -2.28. The Hall–Kier alpha value is -1.92. The molecule has 6 nitrogen and oxygen atoms in total. The molecule has 1 heterocycles. The molecule has 0 unspecified atom stereocenters. The van der Waals surface area contributed by atoms with Gasteiger partial charge in [-0.15, -0.1) is 0 Å². The van der Waals surface area contributed by atoms with Crippen molar-refractivity contribution in [3.05, 3.63) is 24.4 Å². The molecular formula is C20H29N3O3. The standard InChI is InChI=1S/C20H29N3O3/c1-20(2,25-3)11-12-26-17-6-4-5-14-13-21-19(23-18(14)17)22-15-7-9-16(24)10-8-15/h4-6,13,15-16,24H,7-12H2,1-3H3,(H,21,22,23)/t15-,16-. The Labute approximate surface area is 154 Å². The predicted molar refractivity (Wildman–Crippen MR) is 103 cm³/mol. The summed E-state index contributed by atoms with van der Waals surface area (Å²) < 4.78 is 11.4. The number of fused-ring (bicyclic) bond motifs is 1. The minimum Gasteiger partial charge on any atom is -0.491 e. The van der Waals surface area contributed by atoms with Crippen LogP contribution < -0.4 is 10.1 Å². The van der Waals surface area contributed by atoms with E-state index < -0.39 is 0 Å². The van der Waals surface area contributed by atoms with Gasteiger partial charge in [-0.05, 0) is 45.6 Å². The fourth-order valence-corrected chi connectivity index (χ4v) is 3.13.